The summed E-state index contributed by atoms with van der Waals surface area (Å²) in [6.07, 6.45) is 4.34. The molecule has 6 nitrogen and oxygen atoms in total. The molecule has 0 spiro atoms. The molecule has 2 aromatic carbocycles. The quantitative estimate of drug-likeness (QED) is 0.512. The van der Waals surface area contributed by atoms with E-state index in [1.54, 1.807) is 32.6 Å². The number of unbranched alkanes of at least 4 members (excludes halogenated alkanes) is 1. The largest absolute Gasteiger partial charge is 0.493 e. The fourth-order valence-electron chi connectivity index (χ4n) is 4.19. The highest BCUT2D eigenvalue weighted by molar-refractivity contribution is 5.81. The van der Waals surface area contributed by atoms with E-state index in [1.807, 2.05) is 0 Å². The molecule has 1 saturated heterocycles. The Bertz CT molecular complexity index is 1060. The molecule has 1 aliphatic heterocycles. The lowest BCUT2D eigenvalue weighted by Crippen LogP contribution is -2.46. The standard InChI is InChI=1S/C25H30N2O4/c1-29-23-16-21-22(17-24(23)30-2)31-18-19(25(21)28)8-6-7-11-26-12-14-27(15-13-26)20-9-4-3-5-10-20/h3-5,9-10,16-18H,6-8,11-15H2,1-2H3. The molecule has 0 aliphatic carbocycles. The molecule has 164 valence electrons. The highest BCUT2D eigenvalue weighted by atomic mass is 16.5. The van der Waals surface area contributed by atoms with Crippen LogP contribution in [-0.2, 0) is 6.42 Å². The Hall–Kier alpha value is -2.99. The van der Waals surface area contributed by atoms with Crippen molar-refractivity contribution in [1.29, 1.82) is 0 Å². The van der Waals surface area contributed by atoms with Crippen LogP contribution < -0.4 is 19.8 Å². The van der Waals surface area contributed by atoms with Crippen LogP contribution in [-0.4, -0.2) is 51.8 Å². The first-order chi connectivity index (χ1) is 15.2. The molecule has 1 fully saturated rings. The molecule has 0 N–H and O–H groups in total. The second kappa shape index (κ2) is 9.88. The van der Waals surface area contributed by atoms with Crippen LogP contribution in [0.1, 0.15) is 18.4 Å². The minimum absolute atomic E-state index is 0.0127. The monoisotopic (exact) mass is 422 g/mol. The number of nitrogens with zero attached hydrogens (tertiary/aromatic N) is 2. The van der Waals surface area contributed by atoms with Gasteiger partial charge in [-0.25, -0.2) is 0 Å². The van der Waals surface area contributed by atoms with Crippen molar-refractivity contribution in [2.24, 2.45) is 0 Å². The second-order valence-electron chi connectivity index (χ2n) is 7.91. The number of anilines is 1. The van der Waals surface area contributed by atoms with Gasteiger partial charge in [0.05, 0.1) is 25.9 Å². The Labute approximate surface area is 183 Å². The van der Waals surface area contributed by atoms with E-state index in [2.05, 4.69) is 40.1 Å². The topological polar surface area (TPSA) is 55.2 Å². The van der Waals surface area contributed by atoms with Gasteiger partial charge in [-0.2, -0.15) is 0 Å². The molecule has 2 heterocycles. The molecule has 0 bridgehead atoms. The van der Waals surface area contributed by atoms with Crippen LogP contribution in [0.25, 0.3) is 11.0 Å². The van der Waals surface area contributed by atoms with E-state index in [0.717, 1.165) is 52.0 Å². The maximum absolute atomic E-state index is 12.9. The smallest absolute Gasteiger partial charge is 0.195 e. The van der Waals surface area contributed by atoms with E-state index >= 15 is 0 Å². The first-order valence-electron chi connectivity index (χ1n) is 10.9. The fourth-order valence-corrected chi connectivity index (χ4v) is 4.19. The van der Waals surface area contributed by atoms with Gasteiger partial charge in [-0.15, -0.1) is 0 Å². The van der Waals surface area contributed by atoms with Crippen molar-refractivity contribution < 1.29 is 13.9 Å². The van der Waals surface area contributed by atoms with Gasteiger partial charge >= 0.3 is 0 Å². The third kappa shape index (κ3) is 4.85. The Kier molecular flexibility index (Phi) is 6.77. The van der Waals surface area contributed by atoms with E-state index in [-0.39, 0.29) is 5.43 Å². The predicted octanol–water partition coefficient (Wildman–Crippen LogP) is 3.96. The molecule has 1 aromatic heterocycles. The third-order valence-corrected chi connectivity index (χ3v) is 6.01. The number of para-hydroxylation sites is 1. The second-order valence-corrected chi connectivity index (χ2v) is 7.91. The molecular weight excluding hydrogens is 392 g/mol. The van der Waals surface area contributed by atoms with Crippen molar-refractivity contribution >= 4 is 16.7 Å². The van der Waals surface area contributed by atoms with Gasteiger partial charge in [0.2, 0.25) is 0 Å². The lowest BCUT2D eigenvalue weighted by atomic mass is 10.1. The first-order valence-corrected chi connectivity index (χ1v) is 10.9. The zero-order chi connectivity index (χ0) is 21.6. The van der Waals surface area contributed by atoms with Gasteiger partial charge in [0.25, 0.3) is 0 Å². The number of fused-ring (bicyclic) bond motifs is 1. The van der Waals surface area contributed by atoms with Gasteiger partial charge < -0.3 is 18.8 Å². The van der Waals surface area contributed by atoms with Gasteiger partial charge in [0.15, 0.2) is 16.9 Å². The number of methoxy groups -OCH3 is 2. The van der Waals surface area contributed by atoms with Crippen LogP contribution in [0.2, 0.25) is 0 Å². The number of rotatable bonds is 8. The SMILES string of the molecule is COc1cc2occ(CCCCN3CCN(c4ccccc4)CC3)c(=O)c2cc1OC. The van der Waals surface area contributed by atoms with E-state index in [1.165, 1.54) is 5.69 Å². The van der Waals surface area contributed by atoms with E-state index in [0.29, 0.717) is 28.0 Å². The van der Waals surface area contributed by atoms with Crippen LogP contribution in [0.5, 0.6) is 11.5 Å². The Morgan fingerprint density at radius 1 is 0.935 bits per heavy atom. The van der Waals surface area contributed by atoms with Crippen molar-refractivity contribution in [2.75, 3.05) is 51.8 Å². The number of piperazine rings is 1. The van der Waals surface area contributed by atoms with Gasteiger partial charge in [-0.3, -0.25) is 9.69 Å². The van der Waals surface area contributed by atoms with Crippen LogP contribution >= 0.6 is 0 Å². The van der Waals surface area contributed by atoms with Crippen molar-refractivity contribution in [3.8, 4) is 11.5 Å². The third-order valence-electron chi connectivity index (χ3n) is 6.01. The molecular formula is C25H30N2O4. The summed E-state index contributed by atoms with van der Waals surface area (Å²) in [4.78, 5) is 17.8. The number of aryl methyl sites for hydroxylation is 1. The number of benzene rings is 2. The summed E-state index contributed by atoms with van der Waals surface area (Å²) in [6, 6.07) is 14.0. The average molecular weight is 423 g/mol. The normalized spacial score (nSPS) is 14.7. The summed E-state index contributed by atoms with van der Waals surface area (Å²) in [6.45, 7) is 5.34. The average Bonchev–Trinajstić information content (AvgIpc) is 2.83. The summed E-state index contributed by atoms with van der Waals surface area (Å²) >= 11 is 0. The lowest BCUT2D eigenvalue weighted by Gasteiger charge is -2.36. The first kappa shape index (κ1) is 21.2. The molecule has 31 heavy (non-hydrogen) atoms. The summed E-state index contributed by atoms with van der Waals surface area (Å²) in [5, 5.41) is 0.534. The number of hydrogen-bond acceptors (Lipinski definition) is 6. The molecule has 0 amide bonds. The maximum atomic E-state index is 12.9. The fraction of sp³-hybridized carbons (Fsp3) is 0.400. The Morgan fingerprint density at radius 3 is 2.35 bits per heavy atom. The molecule has 3 aromatic rings. The molecule has 0 unspecified atom stereocenters. The molecule has 0 radical (unpaired) electrons. The zero-order valence-corrected chi connectivity index (χ0v) is 18.3. The molecule has 6 heteroatoms. The Morgan fingerprint density at radius 2 is 1.65 bits per heavy atom. The van der Waals surface area contributed by atoms with Gasteiger partial charge in [-0.1, -0.05) is 18.2 Å². The van der Waals surface area contributed by atoms with Crippen LogP contribution in [0, 0.1) is 0 Å². The number of hydrogen-bond donors (Lipinski definition) is 0. The van der Waals surface area contributed by atoms with Crippen LogP contribution in [0.4, 0.5) is 5.69 Å². The van der Waals surface area contributed by atoms with Crippen LogP contribution in [0.15, 0.2) is 57.9 Å². The minimum Gasteiger partial charge on any atom is -0.493 e. The highest BCUT2D eigenvalue weighted by Gasteiger charge is 2.17. The summed E-state index contributed by atoms with van der Waals surface area (Å²) in [7, 11) is 3.13. The number of ether oxygens (including phenoxy) is 2. The van der Waals surface area contributed by atoms with Gasteiger partial charge in [-0.05, 0) is 44.0 Å². The minimum atomic E-state index is 0.0127. The predicted molar refractivity (Wildman–Crippen MR) is 124 cm³/mol. The maximum Gasteiger partial charge on any atom is 0.195 e. The van der Waals surface area contributed by atoms with E-state index in [9.17, 15) is 4.79 Å². The lowest BCUT2D eigenvalue weighted by molar-refractivity contribution is 0.253. The summed E-state index contributed by atoms with van der Waals surface area (Å²) in [5.41, 5.74) is 2.55. The Balaban J connectivity index is 1.29. The molecule has 0 saturated carbocycles. The molecule has 4 rings (SSSR count). The van der Waals surface area contributed by atoms with Gasteiger partial charge in [0, 0.05) is 43.5 Å². The summed E-state index contributed by atoms with van der Waals surface area (Å²) in [5.74, 6) is 1.09. The van der Waals surface area contributed by atoms with Crippen molar-refractivity contribution in [3.63, 3.8) is 0 Å². The highest BCUT2D eigenvalue weighted by Crippen LogP contribution is 2.31. The zero-order valence-electron chi connectivity index (χ0n) is 18.3. The summed E-state index contributed by atoms with van der Waals surface area (Å²) < 4.78 is 16.3. The van der Waals surface area contributed by atoms with Gasteiger partial charge in [0.1, 0.15) is 5.58 Å². The van der Waals surface area contributed by atoms with Crippen molar-refractivity contribution in [2.45, 2.75) is 19.3 Å². The van der Waals surface area contributed by atoms with Crippen LogP contribution in [0.3, 0.4) is 0 Å². The molecule has 1 aliphatic rings. The van der Waals surface area contributed by atoms with E-state index < -0.39 is 0 Å². The van der Waals surface area contributed by atoms with E-state index in [4.69, 9.17) is 13.9 Å². The van der Waals surface area contributed by atoms with Crippen molar-refractivity contribution in [3.05, 3.63) is 64.5 Å². The van der Waals surface area contributed by atoms with Crippen molar-refractivity contribution in [1.82, 2.24) is 4.90 Å². The molecule has 0 atom stereocenters.